The Morgan fingerprint density at radius 3 is 2.92 bits per heavy atom. The van der Waals surface area contributed by atoms with Gasteiger partial charge in [0.05, 0.1) is 11.0 Å². The Kier molecular flexibility index (Phi) is 3.76. The van der Waals surface area contributed by atoms with E-state index in [-0.39, 0.29) is 11.8 Å². The Morgan fingerprint density at radius 1 is 1.25 bits per heavy atom. The SMILES string of the molecule is C[C@H](C(=O)NCc1cccnc1-n1cnc2ccccc21)C1CC1. The number of hydrogen-bond acceptors (Lipinski definition) is 3. The maximum absolute atomic E-state index is 12.3. The summed E-state index contributed by atoms with van der Waals surface area (Å²) < 4.78 is 1.97. The number of benzene rings is 1. The number of carbonyl (C=O) groups excluding carboxylic acids is 1. The molecule has 5 heteroatoms. The first-order valence-electron chi connectivity index (χ1n) is 8.38. The van der Waals surface area contributed by atoms with Gasteiger partial charge in [0, 0.05) is 24.2 Å². The summed E-state index contributed by atoms with van der Waals surface area (Å²) in [5.74, 6) is 1.60. The van der Waals surface area contributed by atoms with E-state index in [0.717, 1.165) is 22.4 Å². The van der Waals surface area contributed by atoms with Crippen LogP contribution in [0.4, 0.5) is 0 Å². The average molecular weight is 320 g/mol. The molecule has 1 aromatic carbocycles. The summed E-state index contributed by atoms with van der Waals surface area (Å²) in [7, 11) is 0. The van der Waals surface area contributed by atoms with Gasteiger partial charge in [0.1, 0.15) is 12.1 Å². The number of amides is 1. The molecule has 3 aromatic rings. The molecule has 0 spiro atoms. The van der Waals surface area contributed by atoms with Crippen LogP contribution in [0.5, 0.6) is 0 Å². The Balaban J connectivity index is 1.60. The summed E-state index contributed by atoms with van der Waals surface area (Å²) in [5, 5.41) is 3.06. The van der Waals surface area contributed by atoms with Crippen molar-refractivity contribution in [1.29, 1.82) is 0 Å². The maximum Gasteiger partial charge on any atom is 0.223 e. The largest absolute Gasteiger partial charge is 0.352 e. The van der Waals surface area contributed by atoms with E-state index in [4.69, 9.17) is 0 Å². The quantitative estimate of drug-likeness (QED) is 0.786. The fourth-order valence-corrected chi connectivity index (χ4v) is 3.07. The Labute approximate surface area is 140 Å². The lowest BCUT2D eigenvalue weighted by Crippen LogP contribution is -2.30. The Hall–Kier alpha value is -2.69. The monoisotopic (exact) mass is 320 g/mol. The molecule has 2 aromatic heterocycles. The van der Waals surface area contributed by atoms with Gasteiger partial charge in [0.2, 0.25) is 5.91 Å². The normalized spacial score (nSPS) is 15.4. The van der Waals surface area contributed by atoms with Gasteiger partial charge in [0.15, 0.2) is 0 Å². The summed E-state index contributed by atoms with van der Waals surface area (Å²) >= 11 is 0. The van der Waals surface area contributed by atoms with Gasteiger partial charge in [-0.1, -0.05) is 25.1 Å². The van der Waals surface area contributed by atoms with Crippen LogP contribution in [0.15, 0.2) is 48.9 Å². The van der Waals surface area contributed by atoms with Crippen LogP contribution >= 0.6 is 0 Å². The second-order valence-corrected chi connectivity index (χ2v) is 6.43. The molecule has 24 heavy (non-hydrogen) atoms. The topological polar surface area (TPSA) is 59.8 Å². The fourth-order valence-electron chi connectivity index (χ4n) is 3.07. The summed E-state index contributed by atoms with van der Waals surface area (Å²) in [5.41, 5.74) is 2.92. The average Bonchev–Trinajstić information content (AvgIpc) is 3.38. The van der Waals surface area contributed by atoms with Crippen molar-refractivity contribution in [3.8, 4) is 5.82 Å². The number of hydrogen-bond donors (Lipinski definition) is 1. The molecule has 0 saturated heterocycles. The molecule has 1 aliphatic rings. The molecule has 1 aliphatic carbocycles. The standard InChI is InChI=1S/C19H20N4O/c1-13(14-8-9-14)19(24)21-11-15-5-4-10-20-18(15)23-12-22-16-6-2-3-7-17(16)23/h2-7,10,12-14H,8-9,11H2,1H3,(H,21,24)/t13-/m0/s1. The molecular weight excluding hydrogens is 300 g/mol. The first kappa shape index (κ1) is 14.9. The minimum Gasteiger partial charge on any atom is -0.352 e. The molecule has 1 fully saturated rings. The van der Waals surface area contributed by atoms with Gasteiger partial charge < -0.3 is 5.32 Å². The lowest BCUT2D eigenvalue weighted by atomic mass is 10.1. The van der Waals surface area contributed by atoms with Crippen molar-refractivity contribution < 1.29 is 4.79 Å². The number of fused-ring (bicyclic) bond motifs is 1. The predicted molar refractivity (Wildman–Crippen MR) is 92.6 cm³/mol. The highest BCUT2D eigenvalue weighted by atomic mass is 16.1. The molecule has 4 rings (SSSR count). The van der Waals surface area contributed by atoms with E-state index in [1.807, 2.05) is 47.9 Å². The Bertz CT molecular complexity index is 882. The molecule has 0 unspecified atom stereocenters. The van der Waals surface area contributed by atoms with Crippen LogP contribution in [0.2, 0.25) is 0 Å². The fraction of sp³-hybridized carbons (Fsp3) is 0.316. The van der Waals surface area contributed by atoms with Gasteiger partial charge in [-0.25, -0.2) is 9.97 Å². The lowest BCUT2D eigenvalue weighted by molar-refractivity contribution is -0.125. The van der Waals surface area contributed by atoms with E-state index < -0.39 is 0 Å². The van der Waals surface area contributed by atoms with Crippen molar-refractivity contribution in [3.63, 3.8) is 0 Å². The number of pyridine rings is 1. The van der Waals surface area contributed by atoms with E-state index in [1.54, 1.807) is 12.5 Å². The molecule has 0 bridgehead atoms. The summed E-state index contributed by atoms with van der Waals surface area (Å²) in [4.78, 5) is 21.2. The van der Waals surface area contributed by atoms with Crippen molar-refractivity contribution in [2.24, 2.45) is 11.8 Å². The zero-order valence-electron chi connectivity index (χ0n) is 13.6. The molecule has 0 radical (unpaired) electrons. The summed E-state index contributed by atoms with van der Waals surface area (Å²) in [6.45, 7) is 2.49. The van der Waals surface area contributed by atoms with Crippen molar-refractivity contribution in [1.82, 2.24) is 19.9 Å². The number of carbonyl (C=O) groups is 1. The van der Waals surface area contributed by atoms with Gasteiger partial charge in [0.25, 0.3) is 0 Å². The van der Waals surface area contributed by atoms with Crippen LogP contribution < -0.4 is 5.32 Å². The van der Waals surface area contributed by atoms with Crippen LogP contribution in [0, 0.1) is 11.8 Å². The molecule has 122 valence electrons. The van der Waals surface area contributed by atoms with E-state index >= 15 is 0 Å². The van der Waals surface area contributed by atoms with Crippen LogP contribution in [0.1, 0.15) is 25.3 Å². The van der Waals surface area contributed by atoms with Crippen molar-refractivity contribution in [3.05, 3.63) is 54.5 Å². The van der Waals surface area contributed by atoms with E-state index in [2.05, 4.69) is 15.3 Å². The van der Waals surface area contributed by atoms with Gasteiger partial charge >= 0.3 is 0 Å². The number of nitrogens with zero attached hydrogens (tertiary/aromatic N) is 3. The van der Waals surface area contributed by atoms with E-state index in [1.165, 1.54) is 12.8 Å². The molecular formula is C19H20N4O. The molecule has 1 atom stereocenters. The van der Waals surface area contributed by atoms with Gasteiger partial charge in [-0.3, -0.25) is 9.36 Å². The van der Waals surface area contributed by atoms with Crippen LogP contribution in [-0.4, -0.2) is 20.4 Å². The first-order chi connectivity index (χ1) is 11.7. The van der Waals surface area contributed by atoms with Crippen molar-refractivity contribution in [2.75, 3.05) is 0 Å². The minimum absolute atomic E-state index is 0.0965. The highest BCUT2D eigenvalue weighted by molar-refractivity contribution is 5.79. The Morgan fingerprint density at radius 2 is 2.08 bits per heavy atom. The summed E-state index contributed by atoms with van der Waals surface area (Å²) in [6, 6.07) is 11.9. The number of nitrogens with one attached hydrogen (secondary N) is 1. The van der Waals surface area contributed by atoms with Crippen molar-refractivity contribution in [2.45, 2.75) is 26.3 Å². The van der Waals surface area contributed by atoms with Gasteiger partial charge in [-0.05, 0) is 37.0 Å². The first-order valence-corrected chi connectivity index (χ1v) is 8.38. The summed E-state index contributed by atoms with van der Waals surface area (Å²) in [6.07, 6.45) is 5.90. The highest BCUT2D eigenvalue weighted by Gasteiger charge is 2.32. The van der Waals surface area contributed by atoms with E-state index in [0.29, 0.717) is 12.5 Å². The highest BCUT2D eigenvalue weighted by Crippen LogP contribution is 2.36. The molecule has 5 nitrogen and oxygen atoms in total. The number of rotatable bonds is 5. The van der Waals surface area contributed by atoms with Crippen LogP contribution in [0.3, 0.4) is 0 Å². The van der Waals surface area contributed by atoms with Gasteiger partial charge in [-0.15, -0.1) is 0 Å². The third-order valence-corrected chi connectivity index (χ3v) is 4.75. The molecule has 2 heterocycles. The molecule has 1 saturated carbocycles. The van der Waals surface area contributed by atoms with Crippen LogP contribution in [0.25, 0.3) is 16.9 Å². The lowest BCUT2D eigenvalue weighted by Gasteiger charge is -2.13. The third-order valence-electron chi connectivity index (χ3n) is 4.75. The third kappa shape index (κ3) is 2.77. The van der Waals surface area contributed by atoms with Crippen molar-refractivity contribution >= 4 is 16.9 Å². The molecule has 1 N–H and O–H groups in total. The zero-order chi connectivity index (χ0) is 16.5. The number of aromatic nitrogens is 3. The maximum atomic E-state index is 12.3. The zero-order valence-corrected chi connectivity index (χ0v) is 13.6. The smallest absolute Gasteiger partial charge is 0.223 e. The van der Waals surface area contributed by atoms with Gasteiger partial charge in [-0.2, -0.15) is 0 Å². The van der Waals surface area contributed by atoms with E-state index in [9.17, 15) is 4.79 Å². The van der Waals surface area contributed by atoms with Crippen LogP contribution in [-0.2, 0) is 11.3 Å². The predicted octanol–water partition coefficient (Wildman–Crippen LogP) is 3.08. The number of imidazole rings is 1. The molecule has 0 aliphatic heterocycles. The second kappa shape index (κ2) is 6.07. The number of para-hydroxylation sites is 2. The minimum atomic E-state index is 0.0965. The molecule has 1 amide bonds. The second-order valence-electron chi connectivity index (χ2n) is 6.43.